The fourth-order valence-corrected chi connectivity index (χ4v) is 8.12. The molecule has 1 aliphatic rings. The quantitative estimate of drug-likeness (QED) is 0.187. The first-order valence-electron chi connectivity index (χ1n) is 15.4. The Morgan fingerprint density at radius 1 is 0.889 bits per heavy atom. The number of rotatable bonds is 12. The molecule has 0 saturated heterocycles. The summed E-state index contributed by atoms with van der Waals surface area (Å²) in [4.78, 5) is 33.0. The van der Waals surface area contributed by atoms with E-state index in [0.29, 0.717) is 41.4 Å². The molecule has 0 spiro atoms. The number of carbonyl (C=O) groups excluding carboxylic acids is 2. The predicted molar refractivity (Wildman–Crippen MR) is 181 cm³/mol. The number of hydrogen-bond donors (Lipinski definition) is 1. The van der Waals surface area contributed by atoms with Crippen molar-refractivity contribution < 1.29 is 18.0 Å². The Bertz CT molecular complexity index is 1720. The van der Waals surface area contributed by atoms with Crippen molar-refractivity contribution in [2.24, 2.45) is 0 Å². The lowest BCUT2D eigenvalue weighted by Gasteiger charge is -2.28. The highest BCUT2D eigenvalue weighted by atomic mass is 32.2. The number of anilines is 2. The molecule has 1 aliphatic heterocycles. The normalized spacial score (nSPS) is 13.2. The van der Waals surface area contributed by atoms with E-state index in [1.165, 1.54) is 52.5 Å². The van der Waals surface area contributed by atoms with Crippen LogP contribution in [-0.2, 0) is 29.5 Å². The van der Waals surface area contributed by atoms with Crippen molar-refractivity contribution in [1.29, 1.82) is 0 Å². The summed E-state index contributed by atoms with van der Waals surface area (Å²) in [5.74, 6) is -0.435. The van der Waals surface area contributed by atoms with Gasteiger partial charge in [0.05, 0.1) is 16.1 Å². The van der Waals surface area contributed by atoms with Gasteiger partial charge in [0.15, 0.2) is 0 Å². The zero-order chi connectivity index (χ0) is 32.0. The number of benzene rings is 3. The highest BCUT2D eigenvalue weighted by molar-refractivity contribution is 7.92. The molecule has 0 radical (unpaired) electrons. The second-order valence-corrected chi connectivity index (χ2v) is 14.3. The minimum Gasteiger partial charge on any atom is -0.339 e. The topological polar surface area (TPSA) is 90.0 Å². The number of amides is 2. The maximum absolute atomic E-state index is 14.0. The molecule has 2 amide bonds. The summed E-state index contributed by atoms with van der Waals surface area (Å²) in [6.45, 7) is 7.76. The molecule has 10 heteroatoms. The average molecular weight is 645 g/mol. The minimum atomic E-state index is -3.81. The van der Waals surface area contributed by atoms with E-state index in [4.69, 9.17) is 0 Å². The maximum atomic E-state index is 14.0. The van der Waals surface area contributed by atoms with E-state index < -0.39 is 10.0 Å². The number of hydrogen-bond acceptors (Lipinski definition) is 6. The highest BCUT2D eigenvalue weighted by Crippen LogP contribution is 2.39. The van der Waals surface area contributed by atoms with E-state index >= 15 is 0 Å². The van der Waals surface area contributed by atoms with Crippen LogP contribution in [0.25, 0.3) is 0 Å². The molecule has 0 fully saturated rings. The van der Waals surface area contributed by atoms with Crippen LogP contribution in [0.2, 0.25) is 0 Å². The van der Waals surface area contributed by atoms with Gasteiger partial charge in [0.1, 0.15) is 5.00 Å². The van der Waals surface area contributed by atoms with Crippen LogP contribution in [0, 0.1) is 0 Å². The maximum Gasteiger partial charge on any atom is 0.264 e. The molecule has 0 saturated carbocycles. The molecule has 1 aromatic heterocycles. The van der Waals surface area contributed by atoms with Crippen LogP contribution in [0.15, 0.2) is 89.8 Å². The Morgan fingerprint density at radius 2 is 1.51 bits per heavy atom. The number of sulfonamides is 1. The summed E-state index contributed by atoms with van der Waals surface area (Å²) >= 11 is 1.47. The van der Waals surface area contributed by atoms with Crippen LogP contribution < -0.4 is 9.62 Å². The monoisotopic (exact) mass is 644 g/mol. The van der Waals surface area contributed by atoms with Gasteiger partial charge in [0, 0.05) is 50.2 Å². The molecular formula is C35H40N4O4S2. The molecule has 3 aromatic carbocycles. The largest absolute Gasteiger partial charge is 0.339 e. The van der Waals surface area contributed by atoms with Gasteiger partial charge in [-0.3, -0.25) is 18.8 Å². The molecule has 2 heterocycles. The fourth-order valence-electron chi connectivity index (χ4n) is 5.65. The number of thiophene rings is 1. The van der Waals surface area contributed by atoms with Gasteiger partial charge in [0.25, 0.3) is 21.8 Å². The Morgan fingerprint density at radius 3 is 2.13 bits per heavy atom. The Balaban J connectivity index is 1.40. The third-order valence-electron chi connectivity index (χ3n) is 7.99. The molecule has 0 unspecified atom stereocenters. The van der Waals surface area contributed by atoms with Crippen molar-refractivity contribution in [2.75, 3.05) is 36.3 Å². The molecule has 8 nitrogen and oxygen atoms in total. The van der Waals surface area contributed by atoms with Gasteiger partial charge in [-0.1, -0.05) is 62.4 Å². The molecule has 0 aliphatic carbocycles. The van der Waals surface area contributed by atoms with Gasteiger partial charge in [-0.2, -0.15) is 0 Å². The lowest BCUT2D eigenvalue weighted by molar-refractivity contribution is 0.0755. The summed E-state index contributed by atoms with van der Waals surface area (Å²) < 4.78 is 27.7. The van der Waals surface area contributed by atoms with Gasteiger partial charge in [-0.15, -0.1) is 11.3 Å². The van der Waals surface area contributed by atoms with Gasteiger partial charge >= 0.3 is 0 Å². The average Bonchev–Trinajstić information content (AvgIpc) is 3.41. The van der Waals surface area contributed by atoms with Gasteiger partial charge in [-0.25, -0.2) is 8.42 Å². The van der Waals surface area contributed by atoms with E-state index in [-0.39, 0.29) is 16.7 Å². The first kappa shape index (κ1) is 32.4. The van der Waals surface area contributed by atoms with Crippen LogP contribution in [0.3, 0.4) is 0 Å². The summed E-state index contributed by atoms with van der Waals surface area (Å²) in [7, 11) is -2.31. The first-order valence-corrected chi connectivity index (χ1v) is 17.6. The third kappa shape index (κ3) is 7.30. The van der Waals surface area contributed by atoms with Crippen molar-refractivity contribution in [1.82, 2.24) is 9.80 Å². The SMILES string of the molecule is CCCN(CCC)C(=O)c1c(NC(=O)c2ccc(S(=O)(=O)N(C)c3ccccc3)cc2)sc2c1CCN(Cc1ccccc1)C2. The third-order valence-corrected chi connectivity index (χ3v) is 10.9. The Kier molecular flexibility index (Phi) is 10.4. The molecule has 4 aromatic rings. The van der Waals surface area contributed by atoms with E-state index in [2.05, 4.69) is 36.2 Å². The molecule has 1 N–H and O–H groups in total. The lowest BCUT2D eigenvalue weighted by Crippen LogP contribution is -2.35. The van der Waals surface area contributed by atoms with Crippen LogP contribution in [-0.4, -0.2) is 56.7 Å². The fraction of sp³-hybridized carbons (Fsp3) is 0.314. The molecule has 0 bridgehead atoms. The highest BCUT2D eigenvalue weighted by Gasteiger charge is 2.31. The van der Waals surface area contributed by atoms with Crippen molar-refractivity contribution >= 4 is 43.9 Å². The molecule has 5 rings (SSSR count). The number of carbonyl (C=O) groups is 2. The molecular weight excluding hydrogens is 605 g/mol. The van der Waals surface area contributed by atoms with Crippen molar-refractivity contribution in [2.45, 2.75) is 51.1 Å². The van der Waals surface area contributed by atoms with Gasteiger partial charge in [0.2, 0.25) is 0 Å². The summed E-state index contributed by atoms with van der Waals surface area (Å²) in [5.41, 5.74) is 3.70. The smallest absolute Gasteiger partial charge is 0.264 e. The molecule has 45 heavy (non-hydrogen) atoms. The van der Waals surface area contributed by atoms with Crippen molar-refractivity contribution in [3.63, 3.8) is 0 Å². The van der Waals surface area contributed by atoms with Gasteiger partial charge in [-0.05, 0) is 66.8 Å². The minimum absolute atomic E-state index is 0.0478. The molecule has 0 atom stereocenters. The second kappa shape index (κ2) is 14.4. The zero-order valence-electron chi connectivity index (χ0n) is 26.0. The summed E-state index contributed by atoms with van der Waals surface area (Å²) in [5, 5.41) is 3.58. The predicted octanol–water partition coefficient (Wildman–Crippen LogP) is 6.65. The van der Waals surface area contributed by atoms with Gasteiger partial charge < -0.3 is 10.2 Å². The zero-order valence-corrected chi connectivity index (χ0v) is 27.7. The number of nitrogens with zero attached hydrogens (tertiary/aromatic N) is 3. The second-order valence-electron chi connectivity index (χ2n) is 11.2. The van der Waals surface area contributed by atoms with E-state index in [0.717, 1.165) is 42.8 Å². The number of fused-ring (bicyclic) bond motifs is 1. The van der Waals surface area contributed by atoms with Crippen LogP contribution in [0.1, 0.15) is 63.4 Å². The van der Waals surface area contributed by atoms with Crippen molar-refractivity contribution in [3.8, 4) is 0 Å². The van der Waals surface area contributed by atoms with Crippen LogP contribution in [0.5, 0.6) is 0 Å². The Hall–Kier alpha value is -3.99. The molecule has 236 valence electrons. The van der Waals surface area contributed by atoms with E-state index in [1.54, 1.807) is 24.3 Å². The standard InChI is InChI=1S/C35H40N4O4S2/c1-4-21-39(22-5-2)35(41)32-30-20-23-38(24-26-12-8-6-9-13-26)25-31(30)44-34(32)36-33(40)27-16-18-29(19-17-27)45(42,43)37(3)28-14-10-7-11-15-28/h6-19H,4-5,20-25H2,1-3H3,(H,36,40). The number of para-hydroxylation sites is 1. The van der Waals surface area contributed by atoms with E-state index in [9.17, 15) is 18.0 Å². The van der Waals surface area contributed by atoms with E-state index in [1.807, 2.05) is 29.2 Å². The first-order chi connectivity index (χ1) is 21.7. The Labute approximate surface area is 270 Å². The lowest BCUT2D eigenvalue weighted by atomic mass is 10.0. The van der Waals surface area contributed by atoms with Crippen LogP contribution in [0.4, 0.5) is 10.7 Å². The summed E-state index contributed by atoms with van der Waals surface area (Å²) in [6, 6.07) is 25.1. The summed E-state index contributed by atoms with van der Waals surface area (Å²) in [6.07, 6.45) is 2.42. The number of nitrogens with one attached hydrogen (secondary N) is 1. The van der Waals surface area contributed by atoms with Crippen molar-refractivity contribution in [3.05, 3.63) is 112 Å². The van der Waals surface area contributed by atoms with Crippen LogP contribution >= 0.6 is 11.3 Å².